The molecule has 0 heterocycles. The van der Waals surface area contributed by atoms with Gasteiger partial charge in [0.1, 0.15) is 6.07 Å². The lowest BCUT2D eigenvalue weighted by Crippen LogP contribution is -1.90. The first kappa shape index (κ1) is 9.05. The Morgan fingerprint density at radius 2 is 2.25 bits per heavy atom. The number of aliphatic hydroxyl groups excluding tert-OH is 1. The van der Waals surface area contributed by atoms with Crippen LogP contribution in [-0.2, 0) is 6.42 Å². The van der Waals surface area contributed by atoms with Gasteiger partial charge in [0.25, 0.3) is 0 Å². The van der Waals surface area contributed by atoms with Crippen LogP contribution >= 0.6 is 11.6 Å². The fraction of sp³-hybridized carbons (Fsp3) is 0.222. The van der Waals surface area contributed by atoms with Gasteiger partial charge in [-0.15, -0.1) is 0 Å². The highest BCUT2D eigenvalue weighted by atomic mass is 35.5. The van der Waals surface area contributed by atoms with E-state index in [0.29, 0.717) is 17.0 Å². The van der Waals surface area contributed by atoms with Gasteiger partial charge in [0.2, 0.25) is 0 Å². The van der Waals surface area contributed by atoms with Crippen molar-refractivity contribution in [2.75, 3.05) is 6.61 Å². The van der Waals surface area contributed by atoms with Crippen molar-refractivity contribution >= 4 is 11.6 Å². The molecule has 0 unspecified atom stereocenters. The molecule has 1 N–H and O–H groups in total. The van der Waals surface area contributed by atoms with Gasteiger partial charge in [0.15, 0.2) is 0 Å². The molecule has 0 saturated carbocycles. The average Bonchev–Trinajstić information content (AvgIpc) is 2.05. The number of nitriles is 1. The van der Waals surface area contributed by atoms with Crippen molar-refractivity contribution in [2.24, 2.45) is 0 Å². The van der Waals surface area contributed by atoms with Crippen LogP contribution in [0, 0.1) is 11.3 Å². The monoisotopic (exact) mass is 181 g/mol. The zero-order chi connectivity index (χ0) is 8.97. The smallest absolute Gasteiger partial charge is 0.101 e. The highest BCUT2D eigenvalue weighted by molar-refractivity contribution is 6.31. The molecule has 0 saturated heterocycles. The van der Waals surface area contributed by atoms with Crippen LogP contribution in [0.4, 0.5) is 0 Å². The second-order valence-corrected chi connectivity index (χ2v) is 2.81. The van der Waals surface area contributed by atoms with Gasteiger partial charge >= 0.3 is 0 Å². The highest BCUT2D eigenvalue weighted by Crippen LogP contribution is 2.16. The van der Waals surface area contributed by atoms with E-state index in [9.17, 15) is 0 Å². The topological polar surface area (TPSA) is 44.0 Å². The number of benzene rings is 1. The van der Waals surface area contributed by atoms with Gasteiger partial charge in [0.05, 0.1) is 10.6 Å². The zero-order valence-electron chi connectivity index (χ0n) is 6.42. The normalized spacial score (nSPS) is 9.42. The van der Waals surface area contributed by atoms with Crippen LogP contribution in [0.25, 0.3) is 0 Å². The lowest BCUT2D eigenvalue weighted by molar-refractivity contribution is 0.299. The van der Waals surface area contributed by atoms with Crippen LogP contribution in [-0.4, -0.2) is 11.7 Å². The van der Waals surface area contributed by atoms with Crippen LogP contribution in [0.3, 0.4) is 0 Å². The molecule has 0 amide bonds. The molecule has 0 aliphatic carbocycles. The first-order valence-electron chi connectivity index (χ1n) is 3.57. The molecule has 1 rings (SSSR count). The minimum atomic E-state index is 0.0994. The summed E-state index contributed by atoms with van der Waals surface area (Å²) in [5.41, 5.74) is 1.42. The average molecular weight is 182 g/mol. The van der Waals surface area contributed by atoms with Gasteiger partial charge in [-0.05, 0) is 24.1 Å². The van der Waals surface area contributed by atoms with Crippen molar-refractivity contribution < 1.29 is 5.11 Å². The molecule has 0 bridgehead atoms. The summed E-state index contributed by atoms with van der Waals surface area (Å²) in [4.78, 5) is 0. The molecule has 0 aliphatic rings. The summed E-state index contributed by atoms with van der Waals surface area (Å²) in [5, 5.41) is 17.6. The maximum atomic E-state index is 8.63. The number of nitrogens with zero attached hydrogens (tertiary/aromatic N) is 1. The second-order valence-electron chi connectivity index (χ2n) is 2.40. The van der Waals surface area contributed by atoms with Crippen LogP contribution in [0.1, 0.15) is 11.1 Å². The van der Waals surface area contributed by atoms with E-state index in [1.807, 2.05) is 6.07 Å². The maximum Gasteiger partial charge on any atom is 0.101 e. The summed E-state index contributed by atoms with van der Waals surface area (Å²) in [5.74, 6) is 0. The van der Waals surface area contributed by atoms with Crippen LogP contribution in [0.15, 0.2) is 18.2 Å². The minimum absolute atomic E-state index is 0.0994. The summed E-state index contributed by atoms with van der Waals surface area (Å²) in [6, 6.07) is 7.13. The van der Waals surface area contributed by atoms with E-state index in [1.54, 1.807) is 18.2 Å². The largest absolute Gasteiger partial charge is 0.396 e. The number of aliphatic hydroxyl groups is 1. The second kappa shape index (κ2) is 4.10. The predicted molar refractivity (Wildman–Crippen MR) is 47.0 cm³/mol. The first-order valence-corrected chi connectivity index (χ1v) is 3.95. The summed E-state index contributed by atoms with van der Waals surface area (Å²) in [6.07, 6.45) is 0.575. The Morgan fingerprint density at radius 3 is 2.75 bits per heavy atom. The number of rotatable bonds is 2. The molecular formula is C9H8ClNO. The van der Waals surface area contributed by atoms with Crippen molar-refractivity contribution in [2.45, 2.75) is 6.42 Å². The Morgan fingerprint density at radius 1 is 1.50 bits per heavy atom. The van der Waals surface area contributed by atoms with E-state index in [4.69, 9.17) is 22.0 Å². The summed E-state index contributed by atoms with van der Waals surface area (Å²) < 4.78 is 0. The molecule has 0 radical (unpaired) electrons. The summed E-state index contributed by atoms with van der Waals surface area (Å²) in [6.45, 7) is 0.0994. The van der Waals surface area contributed by atoms with E-state index in [0.717, 1.165) is 5.56 Å². The lowest BCUT2D eigenvalue weighted by atomic mass is 10.1. The molecule has 0 aromatic heterocycles. The van der Waals surface area contributed by atoms with Crippen molar-refractivity contribution in [1.82, 2.24) is 0 Å². The first-order chi connectivity index (χ1) is 5.77. The van der Waals surface area contributed by atoms with Crippen LogP contribution < -0.4 is 0 Å². The molecule has 0 spiro atoms. The van der Waals surface area contributed by atoms with E-state index >= 15 is 0 Å². The number of hydrogen-bond donors (Lipinski definition) is 1. The van der Waals surface area contributed by atoms with Crippen LogP contribution in [0.5, 0.6) is 0 Å². The third-order valence-electron chi connectivity index (χ3n) is 1.55. The Labute approximate surface area is 76.0 Å². The standard InChI is InChI=1S/C9H8ClNO/c10-9-5-7(3-4-12)1-2-8(9)6-11/h1-2,5,12H,3-4H2. The Hall–Kier alpha value is -1.04. The third-order valence-corrected chi connectivity index (χ3v) is 1.87. The SMILES string of the molecule is N#Cc1ccc(CCO)cc1Cl. The fourth-order valence-corrected chi connectivity index (χ4v) is 1.18. The van der Waals surface area contributed by atoms with Crippen LogP contribution in [0.2, 0.25) is 5.02 Å². The lowest BCUT2D eigenvalue weighted by Gasteiger charge is -1.99. The molecule has 12 heavy (non-hydrogen) atoms. The Balaban J connectivity index is 2.96. The van der Waals surface area contributed by atoms with Crippen molar-refractivity contribution in [3.63, 3.8) is 0 Å². The van der Waals surface area contributed by atoms with E-state index in [2.05, 4.69) is 0 Å². The molecule has 1 aromatic rings. The van der Waals surface area contributed by atoms with Gasteiger partial charge in [-0.3, -0.25) is 0 Å². The van der Waals surface area contributed by atoms with E-state index in [-0.39, 0.29) is 6.61 Å². The van der Waals surface area contributed by atoms with E-state index < -0.39 is 0 Å². The molecular weight excluding hydrogens is 174 g/mol. The molecule has 62 valence electrons. The number of halogens is 1. The third kappa shape index (κ3) is 1.97. The maximum absolute atomic E-state index is 8.63. The van der Waals surface area contributed by atoms with Crippen molar-refractivity contribution in [1.29, 1.82) is 5.26 Å². The molecule has 1 aromatic carbocycles. The van der Waals surface area contributed by atoms with Gasteiger partial charge < -0.3 is 5.11 Å². The molecule has 0 aliphatic heterocycles. The Bertz CT molecular complexity index is 317. The fourth-order valence-electron chi connectivity index (χ4n) is 0.934. The van der Waals surface area contributed by atoms with Gasteiger partial charge in [-0.2, -0.15) is 5.26 Å². The van der Waals surface area contributed by atoms with Gasteiger partial charge in [-0.1, -0.05) is 17.7 Å². The van der Waals surface area contributed by atoms with E-state index in [1.165, 1.54) is 0 Å². The summed E-state index contributed by atoms with van der Waals surface area (Å²) in [7, 11) is 0. The molecule has 0 atom stereocenters. The predicted octanol–water partition coefficient (Wildman–Crippen LogP) is 1.75. The molecule has 2 nitrogen and oxygen atoms in total. The highest BCUT2D eigenvalue weighted by Gasteiger charge is 1.99. The van der Waals surface area contributed by atoms with Gasteiger partial charge in [-0.25, -0.2) is 0 Å². The molecule has 3 heteroatoms. The minimum Gasteiger partial charge on any atom is -0.396 e. The van der Waals surface area contributed by atoms with Gasteiger partial charge in [0, 0.05) is 6.61 Å². The summed E-state index contributed by atoms with van der Waals surface area (Å²) >= 11 is 5.76. The molecule has 0 fully saturated rings. The van der Waals surface area contributed by atoms with Crippen molar-refractivity contribution in [3.8, 4) is 6.07 Å². The number of hydrogen-bond acceptors (Lipinski definition) is 2. The quantitative estimate of drug-likeness (QED) is 0.756. The van der Waals surface area contributed by atoms with Crippen molar-refractivity contribution in [3.05, 3.63) is 34.3 Å². The Kier molecular flexibility index (Phi) is 3.09. The zero-order valence-corrected chi connectivity index (χ0v) is 7.17.